The second-order valence-electron chi connectivity index (χ2n) is 4.80. The van der Waals surface area contributed by atoms with E-state index in [0.29, 0.717) is 5.92 Å². The fourth-order valence-electron chi connectivity index (χ4n) is 2.48. The molecule has 90 valence electrons. The Hall–Kier alpha value is -1.04. The molecule has 1 aliphatic heterocycles. The Morgan fingerprint density at radius 3 is 2.41 bits per heavy atom. The average molecular weight is 249 g/mol. The first-order chi connectivity index (χ1) is 8.20. The van der Waals surface area contributed by atoms with Gasteiger partial charge in [-0.2, -0.15) is 5.26 Å². The maximum absolute atomic E-state index is 9.37. The van der Waals surface area contributed by atoms with Gasteiger partial charge < -0.3 is 4.90 Å². The van der Waals surface area contributed by atoms with Crippen LogP contribution in [-0.2, 0) is 0 Å². The molecule has 0 aromatic heterocycles. The predicted octanol–water partition coefficient (Wildman–Crippen LogP) is 3.29. The molecule has 1 aromatic carbocycles. The minimum Gasteiger partial charge on any atom is -0.306 e. The molecule has 0 spiro atoms. The van der Waals surface area contributed by atoms with Gasteiger partial charge in [0.1, 0.15) is 0 Å². The van der Waals surface area contributed by atoms with E-state index < -0.39 is 0 Å². The van der Waals surface area contributed by atoms with Crippen LogP contribution in [-0.4, -0.2) is 25.0 Å². The standard InChI is InChI=1S/C14H17ClN2/c1-17-8-6-12(7-9-17)14(10-16)11-2-4-13(15)5-3-11/h2-5,12,14H,6-9H2,1H3. The lowest BCUT2D eigenvalue weighted by molar-refractivity contribution is 0.210. The Labute approximate surface area is 108 Å². The molecule has 0 aliphatic carbocycles. The summed E-state index contributed by atoms with van der Waals surface area (Å²) in [6.45, 7) is 2.19. The zero-order valence-corrected chi connectivity index (χ0v) is 10.8. The Morgan fingerprint density at radius 1 is 1.29 bits per heavy atom. The number of rotatable bonds is 2. The van der Waals surface area contributed by atoms with Crippen molar-refractivity contribution in [3.63, 3.8) is 0 Å². The SMILES string of the molecule is CN1CCC(C(C#N)c2ccc(Cl)cc2)CC1. The molecule has 0 saturated carbocycles. The van der Waals surface area contributed by atoms with Crippen LogP contribution >= 0.6 is 11.6 Å². The van der Waals surface area contributed by atoms with Crippen LogP contribution in [0.25, 0.3) is 0 Å². The van der Waals surface area contributed by atoms with Crippen LogP contribution in [0, 0.1) is 17.2 Å². The van der Waals surface area contributed by atoms with Gasteiger partial charge in [0.2, 0.25) is 0 Å². The van der Waals surface area contributed by atoms with Crippen LogP contribution < -0.4 is 0 Å². The van der Waals surface area contributed by atoms with E-state index in [1.54, 1.807) is 0 Å². The van der Waals surface area contributed by atoms with Crippen molar-refractivity contribution in [1.29, 1.82) is 5.26 Å². The van der Waals surface area contributed by atoms with Gasteiger partial charge in [-0.3, -0.25) is 0 Å². The maximum Gasteiger partial charge on any atom is 0.0741 e. The zero-order chi connectivity index (χ0) is 12.3. The molecule has 1 fully saturated rings. The highest BCUT2D eigenvalue weighted by atomic mass is 35.5. The van der Waals surface area contributed by atoms with Gasteiger partial charge in [0.15, 0.2) is 0 Å². The molecule has 17 heavy (non-hydrogen) atoms. The van der Waals surface area contributed by atoms with E-state index in [-0.39, 0.29) is 5.92 Å². The number of nitriles is 1. The fourth-order valence-corrected chi connectivity index (χ4v) is 2.61. The predicted molar refractivity (Wildman–Crippen MR) is 70.0 cm³/mol. The summed E-state index contributed by atoms with van der Waals surface area (Å²) in [6.07, 6.45) is 2.22. The molecule has 1 aliphatic rings. The molecule has 0 radical (unpaired) electrons. The third-order valence-electron chi connectivity index (χ3n) is 3.60. The fraction of sp³-hybridized carbons (Fsp3) is 0.500. The first-order valence-electron chi connectivity index (χ1n) is 6.04. The Balaban J connectivity index is 2.11. The third-order valence-corrected chi connectivity index (χ3v) is 3.85. The minimum absolute atomic E-state index is 0.0148. The van der Waals surface area contributed by atoms with Crippen LogP contribution in [0.2, 0.25) is 5.02 Å². The molecule has 2 rings (SSSR count). The zero-order valence-electron chi connectivity index (χ0n) is 10.1. The van der Waals surface area contributed by atoms with Crippen LogP contribution in [0.15, 0.2) is 24.3 Å². The molecule has 0 bridgehead atoms. The lowest BCUT2D eigenvalue weighted by Gasteiger charge is -2.31. The van der Waals surface area contributed by atoms with Crippen molar-refractivity contribution in [3.05, 3.63) is 34.9 Å². The van der Waals surface area contributed by atoms with Gasteiger partial charge in [-0.15, -0.1) is 0 Å². The summed E-state index contributed by atoms with van der Waals surface area (Å²) >= 11 is 5.87. The van der Waals surface area contributed by atoms with E-state index in [9.17, 15) is 5.26 Å². The average Bonchev–Trinajstić information content (AvgIpc) is 2.35. The second-order valence-corrected chi connectivity index (χ2v) is 5.24. The summed E-state index contributed by atoms with van der Waals surface area (Å²) in [5, 5.41) is 10.1. The molecule has 2 nitrogen and oxygen atoms in total. The monoisotopic (exact) mass is 248 g/mol. The highest BCUT2D eigenvalue weighted by molar-refractivity contribution is 6.30. The largest absolute Gasteiger partial charge is 0.306 e. The summed E-state index contributed by atoms with van der Waals surface area (Å²) in [5.74, 6) is 0.498. The number of benzene rings is 1. The van der Waals surface area contributed by atoms with E-state index in [0.717, 1.165) is 36.5 Å². The van der Waals surface area contributed by atoms with Gasteiger partial charge >= 0.3 is 0 Å². The van der Waals surface area contributed by atoms with Gasteiger partial charge in [-0.05, 0) is 56.6 Å². The maximum atomic E-state index is 9.37. The van der Waals surface area contributed by atoms with Crippen molar-refractivity contribution in [2.45, 2.75) is 18.8 Å². The molecule has 1 heterocycles. The number of hydrogen-bond donors (Lipinski definition) is 0. The van der Waals surface area contributed by atoms with E-state index >= 15 is 0 Å². The van der Waals surface area contributed by atoms with Gasteiger partial charge in [0, 0.05) is 5.02 Å². The highest BCUT2D eigenvalue weighted by Crippen LogP contribution is 2.32. The summed E-state index contributed by atoms with van der Waals surface area (Å²) in [4.78, 5) is 2.33. The molecular formula is C14H17ClN2. The van der Waals surface area contributed by atoms with E-state index in [4.69, 9.17) is 11.6 Å². The van der Waals surface area contributed by atoms with Gasteiger partial charge in [0.05, 0.1) is 12.0 Å². The quantitative estimate of drug-likeness (QED) is 0.803. The first kappa shape index (κ1) is 12.4. The molecule has 1 atom stereocenters. The third kappa shape index (κ3) is 3.00. The van der Waals surface area contributed by atoms with Crippen molar-refractivity contribution in [2.24, 2.45) is 5.92 Å². The lowest BCUT2D eigenvalue weighted by atomic mass is 9.81. The number of piperidine rings is 1. The molecule has 0 N–H and O–H groups in total. The lowest BCUT2D eigenvalue weighted by Crippen LogP contribution is -2.32. The molecule has 1 aromatic rings. The summed E-state index contributed by atoms with van der Waals surface area (Å²) in [6, 6.07) is 10.2. The second kappa shape index (κ2) is 5.53. The summed E-state index contributed by atoms with van der Waals surface area (Å²) in [7, 11) is 2.14. The van der Waals surface area contributed by atoms with Crippen molar-refractivity contribution in [3.8, 4) is 6.07 Å². The molecule has 0 amide bonds. The molecule has 3 heteroatoms. The number of halogens is 1. The Kier molecular flexibility index (Phi) is 4.04. The van der Waals surface area contributed by atoms with E-state index in [1.165, 1.54) is 0 Å². The minimum atomic E-state index is 0.0148. The molecular weight excluding hydrogens is 232 g/mol. The normalized spacial score (nSPS) is 19.8. The van der Waals surface area contributed by atoms with Crippen molar-refractivity contribution in [1.82, 2.24) is 4.90 Å². The topological polar surface area (TPSA) is 27.0 Å². The van der Waals surface area contributed by atoms with Gasteiger partial charge in [0.25, 0.3) is 0 Å². The smallest absolute Gasteiger partial charge is 0.0741 e. The van der Waals surface area contributed by atoms with E-state index in [2.05, 4.69) is 18.0 Å². The Morgan fingerprint density at radius 2 is 1.88 bits per heavy atom. The molecule has 1 saturated heterocycles. The van der Waals surface area contributed by atoms with Crippen LogP contribution in [0.5, 0.6) is 0 Å². The summed E-state index contributed by atoms with van der Waals surface area (Å²) in [5.41, 5.74) is 1.10. The number of hydrogen-bond acceptors (Lipinski definition) is 2. The summed E-state index contributed by atoms with van der Waals surface area (Å²) < 4.78 is 0. The van der Waals surface area contributed by atoms with Crippen molar-refractivity contribution < 1.29 is 0 Å². The van der Waals surface area contributed by atoms with E-state index in [1.807, 2.05) is 24.3 Å². The number of likely N-dealkylation sites (tertiary alicyclic amines) is 1. The van der Waals surface area contributed by atoms with Crippen LogP contribution in [0.3, 0.4) is 0 Å². The van der Waals surface area contributed by atoms with Crippen molar-refractivity contribution in [2.75, 3.05) is 20.1 Å². The Bertz CT molecular complexity index is 399. The molecule has 1 unspecified atom stereocenters. The van der Waals surface area contributed by atoms with Crippen molar-refractivity contribution >= 4 is 11.6 Å². The first-order valence-corrected chi connectivity index (χ1v) is 6.42. The highest BCUT2D eigenvalue weighted by Gasteiger charge is 2.26. The van der Waals surface area contributed by atoms with Gasteiger partial charge in [-0.25, -0.2) is 0 Å². The van der Waals surface area contributed by atoms with Crippen LogP contribution in [0.1, 0.15) is 24.3 Å². The van der Waals surface area contributed by atoms with Crippen LogP contribution in [0.4, 0.5) is 0 Å². The van der Waals surface area contributed by atoms with Gasteiger partial charge in [-0.1, -0.05) is 23.7 Å². The number of nitrogens with zero attached hydrogens (tertiary/aromatic N) is 2.